The van der Waals surface area contributed by atoms with Crippen molar-refractivity contribution in [3.63, 3.8) is 0 Å². The van der Waals surface area contributed by atoms with Gasteiger partial charge < -0.3 is 24.4 Å². The Morgan fingerprint density at radius 2 is 2.06 bits per heavy atom. The summed E-state index contributed by atoms with van der Waals surface area (Å²) >= 11 is 0. The first-order valence-corrected chi connectivity index (χ1v) is 4.61. The monoisotopic (exact) mass is 242 g/mol. The van der Waals surface area contributed by atoms with E-state index in [9.17, 15) is 19.2 Å². The molecule has 0 spiro atoms. The summed E-state index contributed by atoms with van der Waals surface area (Å²) in [7, 11) is 0. The average molecular weight is 242 g/mol. The van der Waals surface area contributed by atoms with E-state index in [4.69, 9.17) is 9.84 Å². The molecule has 1 aromatic rings. The summed E-state index contributed by atoms with van der Waals surface area (Å²) in [5, 5.41) is 8.71. The summed E-state index contributed by atoms with van der Waals surface area (Å²) < 4.78 is 4.88. The lowest BCUT2D eigenvalue weighted by atomic mass is 10.2. The van der Waals surface area contributed by atoms with Gasteiger partial charge >= 0.3 is 5.69 Å². The van der Waals surface area contributed by atoms with Crippen LogP contribution in [0.1, 0.15) is 11.7 Å². The number of carbonyl (C=O) groups excluding carboxylic acids is 2. The molecule has 2 atom stereocenters. The van der Waals surface area contributed by atoms with Crippen LogP contribution in [0, 0.1) is 0 Å². The molecule has 8 heteroatoms. The van der Waals surface area contributed by atoms with Gasteiger partial charge in [0.1, 0.15) is 12.2 Å². The minimum absolute atomic E-state index is 0.153. The van der Waals surface area contributed by atoms with Crippen molar-refractivity contribution in [3.05, 3.63) is 32.6 Å². The van der Waals surface area contributed by atoms with E-state index < -0.39 is 30.1 Å². The average Bonchev–Trinajstić information content (AvgIpc) is 2.32. The first kappa shape index (κ1) is 13.0. The number of aliphatic hydroxyl groups excluding tert-OH is 1. The highest BCUT2D eigenvalue weighted by Crippen LogP contribution is 2.10. The molecule has 0 saturated heterocycles. The van der Waals surface area contributed by atoms with E-state index in [1.165, 1.54) is 0 Å². The molecule has 0 saturated carbocycles. The summed E-state index contributed by atoms with van der Waals surface area (Å²) in [6, 6.07) is 0. The van der Waals surface area contributed by atoms with Crippen molar-refractivity contribution >= 4 is 12.6 Å². The van der Waals surface area contributed by atoms with Crippen LogP contribution in [0.2, 0.25) is 0 Å². The van der Waals surface area contributed by atoms with Crippen molar-refractivity contribution in [1.82, 2.24) is 9.97 Å². The number of aldehydes is 2. The van der Waals surface area contributed by atoms with Gasteiger partial charge in [-0.2, -0.15) is 0 Å². The van der Waals surface area contributed by atoms with Crippen molar-refractivity contribution in [1.29, 1.82) is 0 Å². The van der Waals surface area contributed by atoms with Gasteiger partial charge in [0.05, 0.1) is 12.2 Å². The summed E-state index contributed by atoms with van der Waals surface area (Å²) in [5.74, 6) is 0. The van der Waals surface area contributed by atoms with Crippen LogP contribution < -0.4 is 11.2 Å². The third-order valence-corrected chi connectivity index (χ3v) is 1.93. The van der Waals surface area contributed by atoms with Crippen LogP contribution in [0.15, 0.2) is 15.8 Å². The number of aromatic amines is 2. The van der Waals surface area contributed by atoms with Gasteiger partial charge in [-0.3, -0.25) is 9.78 Å². The van der Waals surface area contributed by atoms with E-state index in [2.05, 4.69) is 4.98 Å². The van der Waals surface area contributed by atoms with E-state index in [1.807, 2.05) is 4.98 Å². The van der Waals surface area contributed by atoms with Crippen molar-refractivity contribution in [2.24, 2.45) is 0 Å². The SMILES string of the molecule is O=CC(CO)OC(C=O)c1c[nH]c(=O)[nH]c1=O. The molecule has 1 rings (SSSR count). The van der Waals surface area contributed by atoms with Gasteiger partial charge in [0.25, 0.3) is 5.56 Å². The van der Waals surface area contributed by atoms with Crippen LogP contribution in [0.25, 0.3) is 0 Å². The molecular formula is C9H10N2O6. The lowest BCUT2D eigenvalue weighted by molar-refractivity contribution is -0.133. The molecule has 0 aliphatic carbocycles. The molecule has 0 amide bonds. The number of H-pyrrole nitrogens is 2. The first-order valence-electron chi connectivity index (χ1n) is 4.61. The van der Waals surface area contributed by atoms with E-state index in [-0.39, 0.29) is 11.8 Å². The second kappa shape index (κ2) is 5.87. The Hall–Kier alpha value is -2.06. The molecule has 0 aliphatic rings. The summed E-state index contributed by atoms with van der Waals surface area (Å²) in [6.45, 7) is -0.616. The van der Waals surface area contributed by atoms with E-state index in [1.54, 1.807) is 0 Å². The van der Waals surface area contributed by atoms with Crippen molar-refractivity contribution in [3.8, 4) is 0 Å². The molecule has 1 aromatic heterocycles. The second-order valence-electron chi connectivity index (χ2n) is 3.08. The molecule has 3 N–H and O–H groups in total. The fourth-order valence-electron chi connectivity index (χ4n) is 1.12. The highest BCUT2D eigenvalue weighted by molar-refractivity contribution is 5.61. The molecule has 0 radical (unpaired) electrons. The zero-order valence-electron chi connectivity index (χ0n) is 8.58. The van der Waals surface area contributed by atoms with Crippen molar-refractivity contribution in [2.75, 3.05) is 6.61 Å². The second-order valence-corrected chi connectivity index (χ2v) is 3.08. The molecule has 8 nitrogen and oxygen atoms in total. The summed E-state index contributed by atoms with van der Waals surface area (Å²) in [5.41, 5.74) is -1.68. The van der Waals surface area contributed by atoms with Crippen LogP contribution in [0.5, 0.6) is 0 Å². The molecule has 0 aromatic carbocycles. The topological polar surface area (TPSA) is 129 Å². The third-order valence-electron chi connectivity index (χ3n) is 1.93. The zero-order valence-corrected chi connectivity index (χ0v) is 8.58. The number of aliphatic hydroxyl groups is 1. The quantitative estimate of drug-likeness (QED) is 0.489. The van der Waals surface area contributed by atoms with Crippen LogP contribution >= 0.6 is 0 Å². The lowest BCUT2D eigenvalue weighted by Gasteiger charge is -2.14. The molecule has 1 heterocycles. The van der Waals surface area contributed by atoms with Gasteiger partial charge in [-0.1, -0.05) is 0 Å². The van der Waals surface area contributed by atoms with Crippen molar-refractivity contribution < 1.29 is 19.4 Å². The van der Waals surface area contributed by atoms with Gasteiger partial charge in [0.2, 0.25) is 0 Å². The number of hydrogen-bond acceptors (Lipinski definition) is 6. The molecule has 0 aliphatic heterocycles. The maximum absolute atomic E-state index is 11.3. The minimum Gasteiger partial charge on any atom is -0.393 e. The fraction of sp³-hybridized carbons (Fsp3) is 0.333. The zero-order chi connectivity index (χ0) is 12.8. The van der Waals surface area contributed by atoms with Crippen LogP contribution in [-0.4, -0.2) is 40.4 Å². The number of carbonyl (C=O) groups is 2. The predicted octanol–water partition coefficient (Wildman–Crippen LogP) is -2.12. The number of ether oxygens (including phenoxy) is 1. The largest absolute Gasteiger partial charge is 0.393 e. The lowest BCUT2D eigenvalue weighted by Crippen LogP contribution is -2.30. The standard InChI is InChI=1S/C9H10N2O6/c12-2-5(3-13)17-7(4-14)6-1-10-9(16)11-8(6)15/h1-2,4-5,7,13H,3H2,(H2,10,11,15,16). The minimum atomic E-state index is -1.34. The van der Waals surface area contributed by atoms with E-state index >= 15 is 0 Å². The number of nitrogens with one attached hydrogen (secondary N) is 2. The van der Waals surface area contributed by atoms with Gasteiger partial charge in [0.15, 0.2) is 12.6 Å². The Balaban J connectivity index is 3.01. The van der Waals surface area contributed by atoms with Crippen LogP contribution in [-0.2, 0) is 14.3 Å². The maximum Gasteiger partial charge on any atom is 0.325 e. The van der Waals surface area contributed by atoms with Crippen molar-refractivity contribution in [2.45, 2.75) is 12.2 Å². The number of rotatable bonds is 6. The van der Waals surface area contributed by atoms with Gasteiger partial charge in [-0.15, -0.1) is 0 Å². The van der Waals surface area contributed by atoms with E-state index in [0.717, 1.165) is 6.20 Å². The molecule has 2 unspecified atom stereocenters. The smallest absolute Gasteiger partial charge is 0.325 e. The van der Waals surface area contributed by atoms with E-state index in [0.29, 0.717) is 6.29 Å². The van der Waals surface area contributed by atoms with Crippen LogP contribution in [0.3, 0.4) is 0 Å². The Morgan fingerprint density at radius 1 is 1.35 bits per heavy atom. The third kappa shape index (κ3) is 3.20. The van der Waals surface area contributed by atoms with Gasteiger partial charge in [-0.25, -0.2) is 4.79 Å². The molecular weight excluding hydrogens is 232 g/mol. The molecule has 92 valence electrons. The fourth-order valence-corrected chi connectivity index (χ4v) is 1.12. The molecule has 0 bridgehead atoms. The highest BCUT2D eigenvalue weighted by atomic mass is 16.5. The first-order chi connectivity index (χ1) is 8.12. The number of aromatic nitrogens is 2. The maximum atomic E-state index is 11.3. The molecule has 17 heavy (non-hydrogen) atoms. The normalized spacial score (nSPS) is 13.9. The Bertz CT molecular complexity index is 505. The predicted molar refractivity (Wildman–Crippen MR) is 54.5 cm³/mol. The van der Waals surface area contributed by atoms with Crippen LogP contribution in [0.4, 0.5) is 0 Å². The van der Waals surface area contributed by atoms with Gasteiger partial charge in [-0.05, 0) is 0 Å². The Morgan fingerprint density at radius 3 is 2.53 bits per heavy atom. The molecule has 0 fully saturated rings. The Labute approximate surface area is 94.2 Å². The van der Waals surface area contributed by atoms with Gasteiger partial charge in [0, 0.05) is 6.20 Å². The highest BCUT2D eigenvalue weighted by Gasteiger charge is 2.19. The number of hydrogen-bond donors (Lipinski definition) is 3. The summed E-state index contributed by atoms with van der Waals surface area (Å²) in [4.78, 5) is 47.3. The Kier molecular flexibility index (Phi) is 4.49. The summed E-state index contributed by atoms with van der Waals surface area (Å²) in [6.07, 6.45) is -0.945.